The zero-order valence-electron chi connectivity index (χ0n) is 18.0. The maximum atomic E-state index is 12.5. The number of benzene rings is 3. The van der Waals surface area contributed by atoms with Gasteiger partial charge in [-0.25, -0.2) is 0 Å². The van der Waals surface area contributed by atoms with E-state index >= 15 is 0 Å². The smallest absolute Gasteiger partial charge is 0.298 e. The fourth-order valence-corrected chi connectivity index (χ4v) is 3.45. The van der Waals surface area contributed by atoms with Gasteiger partial charge in [0.2, 0.25) is 0 Å². The molecule has 0 aliphatic heterocycles. The molecule has 6 heteroatoms. The summed E-state index contributed by atoms with van der Waals surface area (Å²) < 4.78 is 11.6. The third-order valence-electron chi connectivity index (χ3n) is 5.25. The van der Waals surface area contributed by atoms with Crippen LogP contribution in [-0.4, -0.2) is 36.1 Å². The molecule has 0 saturated heterocycles. The minimum atomic E-state index is -1.22. The van der Waals surface area contributed by atoms with Crippen LogP contribution in [0.2, 0.25) is 0 Å². The largest absolute Gasteiger partial charge is 0.494 e. The number of unbranched alkanes of at least 4 members (excludes halogenated alkanes) is 1. The van der Waals surface area contributed by atoms with Crippen molar-refractivity contribution in [3.8, 4) is 5.75 Å². The van der Waals surface area contributed by atoms with Gasteiger partial charge in [0, 0.05) is 19.2 Å². The second-order valence-electron chi connectivity index (χ2n) is 7.65. The quantitative estimate of drug-likeness (QED) is 0.281. The first-order valence-corrected chi connectivity index (χ1v) is 10.7. The second-order valence-corrected chi connectivity index (χ2v) is 7.65. The first-order chi connectivity index (χ1) is 15.6. The van der Waals surface area contributed by atoms with Gasteiger partial charge >= 0.3 is 0 Å². The molecule has 1 N–H and O–H groups in total. The van der Waals surface area contributed by atoms with E-state index in [1.54, 1.807) is 42.5 Å². The predicted molar refractivity (Wildman–Crippen MR) is 124 cm³/mol. The summed E-state index contributed by atoms with van der Waals surface area (Å²) in [5, 5.41) is 10.5. The number of hydrogen-bond donors (Lipinski definition) is 1. The third kappa shape index (κ3) is 5.15. The molecular weight excluding hydrogens is 404 g/mol. The van der Waals surface area contributed by atoms with Crippen LogP contribution in [0.4, 0.5) is 6.01 Å². The number of aromatic nitrogens is 1. The Morgan fingerprint density at radius 2 is 1.81 bits per heavy atom. The van der Waals surface area contributed by atoms with Crippen molar-refractivity contribution in [1.82, 2.24) is 4.98 Å². The molecule has 3 aromatic carbocycles. The normalized spacial score (nSPS) is 11.9. The van der Waals surface area contributed by atoms with Crippen molar-refractivity contribution in [2.24, 2.45) is 0 Å². The number of rotatable bonds is 10. The highest BCUT2D eigenvalue weighted by Crippen LogP contribution is 2.23. The van der Waals surface area contributed by atoms with Crippen molar-refractivity contribution in [2.75, 3.05) is 25.1 Å². The van der Waals surface area contributed by atoms with E-state index in [4.69, 9.17) is 9.15 Å². The van der Waals surface area contributed by atoms with Crippen molar-refractivity contribution >= 4 is 22.9 Å². The molecule has 32 heavy (non-hydrogen) atoms. The van der Waals surface area contributed by atoms with Gasteiger partial charge < -0.3 is 19.2 Å². The van der Waals surface area contributed by atoms with Crippen molar-refractivity contribution in [2.45, 2.75) is 18.9 Å². The minimum Gasteiger partial charge on any atom is -0.494 e. The van der Waals surface area contributed by atoms with Gasteiger partial charge in [0.15, 0.2) is 11.4 Å². The maximum Gasteiger partial charge on any atom is 0.298 e. The van der Waals surface area contributed by atoms with Crippen LogP contribution in [0.1, 0.15) is 34.9 Å². The summed E-state index contributed by atoms with van der Waals surface area (Å²) in [6.07, 6.45) is 0.538. The Balaban J connectivity index is 1.25. The van der Waals surface area contributed by atoms with E-state index in [0.29, 0.717) is 29.5 Å². The molecule has 0 spiro atoms. The van der Waals surface area contributed by atoms with Gasteiger partial charge in [-0.05, 0) is 42.7 Å². The molecule has 164 valence electrons. The minimum absolute atomic E-state index is 0.329. The Labute approximate surface area is 187 Å². The lowest BCUT2D eigenvalue weighted by atomic mass is 10.00. The number of carbonyl (C=O) groups is 1. The van der Waals surface area contributed by atoms with Crippen LogP contribution in [0.25, 0.3) is 11.1 Å². The zero-order valence-corrected chi connectivity index (χ0v) is 18.0. The molecule has 0 aliphatic rings. The number of ketones is 1. The number of anilines is 1. The molecule has 0 radical (unpaired) electrons. The zero-order chi connectivity index (χ0) is 22.3. The van der Waals surface area contributed by atoms with Gasteiger partial charge in [-0.15, -0.1) is 0 Å². The summed E-state index contributed by atoms with van der Waals surface area (Å²) in [6.45, 7) is 1.33. The monoisotopic (exact) mass is 430 g/mol. The molecule has 0 aliphatic carbocycles. The van der Waals surface area contributed by atoms with Crippen LogP contribution in [0.5, 0.6) is 5.75 Å². The molecule has 0 bridgehead atoms. The van der Waals surface area contributed by atoms with Gasteiger partial charge in [-0.1, -0.05) is 54.6 Å². The fraction of sp³-hybridized carbons (Fsp3) is 0.231. The number of ether oxygens (including phenoxy) is 1. The number of hydrogen-bond acceptors (Lipinski definition) is 6. The second kappa shape index (κ2) is 10.1. The SMILES string of the molecule is CN(CCCCOc1cccc(C(O)C(=O)c2ccccc2)c1)c1nc2ccccc2o1. The van der Waals surface area contributed by atoms with Crippen LogP contribution in [0.15, 0.2) is 83.3 Å². The van der Waals surface area contributed by atoms with Gasteiger partial charge in [0.05, 0.1) is 6.61 Å². The van der Waals surface area contributed by atoms with E-state index in [-0.39, 0.29) is 5.78 Å². The molecule has 4 aromatic rings. The average Bonchev–Trinajstić information content (AvgIpc) is 3.28. The number of Topliss-reactive ketones (excluding diaryl/α,β-unsaturated/α-hetero) is 1. The molecular formula is C26H26N2O4. The van der Waals surface area contributed by atoms with Gasteiger partial charge in [0.25, 0.3) is 6.01 Å². The number of nitrogens with zero attached hydrogens (tertiary/aromatic N) is 2. The summed E-state index contributed by atoms with van der Waals surface area (Å²) in [5.74, 6) is 0.305. The number of para-hydroxylation sites is 2. The lowest BCUT2D eigenvalue weighted by Crippen LogP contribution is -2.19. The van der Waals surface area contributed by atoms with Crippen molar-refractivity contribution in [3.63, 3.8) is 0 Å². The van der Waals surface area contributed by atoms with Gasteiger partial charge in [0.1, 0.15) is 17.4 Å². The average molecular weight is 431 g/mol. The third-order valence-corrected chi connectivity index (χ3v) is 5.25. The lowest BCUT2D eigenvalue weighted by Gasteiger charge is -2.15. The molecule has 4 rings (SSSR count). The lowest BCUT2D eigenvalue weighted by molar-refractivity contribution is 0.0747. The summed E-state index contributed by atoms with van der Waals surface area (Å²) in [5.41, 5.74) is 2.64. The summed E-state index contributed by atoms with van der Waals surface area (Å²) >= 11 is 0. The molecule has 6 nitrogen and oxygen atoms in total. The molecule has 1 aromatic heterocycles. The molecule has 1 atom stereocenters. The topological polar surface area (TPSA) is 75.8 Å². The van der Waals surface area contributed by atoms with Crippen LogP contribution in [-0.2, 0) is 0 Å². The fourth-order valence-electron chi connectivity index (χ4n) is 3.45. The molecule has 0 amide bonds. The van der Waals surface area contributed by atoms with Gasteiger partial charge in [-0.3, -0.25) is 4.79 Å². The summed E-state index contributed by atoms with van der Waals surface area (Å²) in [4.78, 5) is 19.0. The van der Waals surface area contributed by atoms with E-state index in [9.17, 15) is 9.90 Å². The number of carbonyl (C=O) groups excluding carboxylic acids is 1. The highest BCUT2D eigenvalue weighted by molar-refractivity contribution is 5.99. The molecule has 0 fully saturated rings. The molecule has 0 saturated carbocycles. The van der Waals surface area contributed by atoms with Crippen LogP contribution < -0.4 is 9.64 Å². The van der Waals surface area contributed by atoms with Gasteiger partial charge in [-0.2, -0.15) is 4.98 Å². The van der Waals surface area contributed by atoms with E-state index in [1.807, 2.05) is 48.3 Å². The number of aliphatic hydroxyl groups excluding tert-OH is 1. The number of fused-ring (bicyclic) bond motifs is 1. The van der Waals surface area contributed by atoms with Crippen LogP contribution in [0, 0.1) is 0 Å². The van der Waals surface area contributed by atoms with Crippen LogP contribution in [0.3, 0.4) is 0 Å². The first kappa shape index (κ1) is 21.6. The standard InChI is InChI=1S/C26H26N2O4/c1-28(26-27-22-14-5-6-15-23(22)32-26)16-7-8-17-31-21-13-9-12-20(18-21)25(30)24(29)19-10-3-2-4-11-19/h2-6,9-15,18,25,30H,7-8,16-17H2,1H3. The highest BCUT2D eigenvalue weighted by Gasteiger charge is 2.19. The van der Waals surface area contributed by atoms with Crippen molar-refractivity contribution < 1.29 is 19.1 Å². The van der Waals surface area contributed by atoms with Crippen molar-refractivity contribution in [3.05, 3.63) is 90.0 Å². The Bertz CT molecular complexity index is 1140. The molecule has 1 heterocycles. The number of oxazole rings is 1. The van der Waals surface area contributed by atoms with E-state index in [0.717, 1.165) is 30.5 Å². The predicted octanol–water partition coefficient (Wildman–Crippen LogP) is 5.04. The Kier molecular flexibility index (Phi) is 6.82. The van der Waals surface area contributed by atoms with E-state index in [1.165, 1.54) is 0 Å². The Morgan fingerprint density at radius 3 is 2.62 bits per heavy atom. The first-order valence-electron chi connectivity index (χ1n) is 10.7. The Morgan fingerprint density at radius 1 is 1.03 bits per heavy atom. The van der Waals surface area contributed by atoms with E-state index in [2.05, 4.69) is 4.98 Å². The highest BCUT2D eigenvalue weighted by atomic mass is 16.5. The molecule has 1 unspecified atom stereocenters. The van der Waals surface area contributed by atoms with E-state index < -0.39 is 6.10 Å². The number of aliphatic hydroxyl groups is 1. The van der Waals surface area contributed by atoms with Crippen LogP contribution >= 0.6 is 0 Å². The van der Waals surface area contributed by atoms with Crippen molar-refractivity contribution in [1.29, 1.82) is 0 Å². The summed E-state index contributed by atoms with van der Waals surface area (Å²) in [6, 6.07) is 24.2. The summed E-state index contributed by atoms with van der Waals surface area (Å²) in [7, 11) is 1.96. The maximum absolute atomic E-state index is 12.5. The Hall–Kier alpha value is -3.64.